The maximum Gasteiger partial charge on any atom is 0.403 e. The second kappa shape index (κ2) is 6.15. The standard InChI is InChI=1S/C18H15ClO2/c19-18(20)21-12-17-15(10-13-6-2-1-3-7-13)11-14-8-4-5-9-16(14)17/h1-9,11,17H,10,12H2. The lowest BCUT2D eigenvalue weighted by Crippen LogP contribution is -2.11. The van der Waals surface area contributed by atoms with Crippen molar-refractivity contribution in [1.29, 1.82) is 0 Å². The van der Waals surface area contributed by atoms with Crippen molar-refractivity contribution in [2.45, 2.75) is 12.3 Å². The van der Waals surface area contributed by atoms with Crippen molar-refractivity contribution < 1.29 is 9.53 Å². The van der Waals surface area contributed by atoms with Gasteiger partial charge in [-0.1, -0.05) is 66.2 Å². The zero-order valence-electron chi connectivity index (χ0n) is 11.5. The number of carbonyl (C=O) groups is 1. The molecule has 0 fully saturated rings. The van der Waals surface area contributed by atoms with Crippen LogP contribution in [0.25, 0.3) is 6.08 Å². The number of carbonyl (C=O) groups excluding carboxylic acids is 1. The number of hydrogen-bond donors (Lipinski definition) is 0. The molecule has 0 heterocycles. The van der Waals surface area contributed by atoms with E-state index in [1.807, 2.05) is 30.3 Å². The van der Waals surface area contributed by atoms with E-state index in [1.54, 1.807) is 0 Å². The maximum absolute atomic E-state index is 10.9. The fourth-order valence-electron chi connectivity index (χ4n) is 2.81. The van der Waals surface area contributed by atoms with Gasteiger partial charge in [0, 0.05) is 17.5 Å². The SMILES string of the molecule is O=C(Cl)OCC1C(Cc2ccccc2)=Cc2ccccc21. The van der Waals surface area contributed by atoms with Crippen molar-refractivity contribution in [1.82, 2.24) is 0 Å². The second-order valence-electron chi connectivity index (χ2n) is 5.11. The highest BCUT2D eigenvalue weighted by atomic mass is 35.5. The van der Waals surface area contributed by atoms with Gasteiger partial charge in [-0.25, -0.2) is 4.79 Å². The molecule has 2 aromatic rings. The van der Waals surface area contributed by atoms with E-state index in [-0.39, 0.29) is 12.5 Å². The monoisotopic (exact) mass is 298 g/mol. The van der Waals surface area contributed by atoms with E-state index in [0.29, 0.717) is 0 Å². The largest absolute Gasteiger partial charge is 0.453 e. The van der Waals surface area contributed by atoms with Gasteiger partial charge in [0.25, 0.3) is 0 Å². The lowest BCUT2D eigenvalue weighted by molar-refractivity contribution is 0.169. The number of hydrogen-bond acceptors (Lipinski definition) is 2. The molecular weight excluding hydrogens is 284 g/mol. The molecule has 0 N–H and O–H groups in total. The Bertz CT molecular complexity index is 677. The van der Waals surface area contributed by atoms with Crippen LogP contribution in [0.5, 0.6) is 0 Å². The van der Waals surface area contributed by atoms with Gasteiger partial charge in [0.2, 0.25) is 0 Å². The Morgan fingerprint density at radius 1 is 1.05 bits per heavy atom. The first kappa shape index (κ1) is 13.9. The summed E-state index contributed by atoms with van der Waals surface area (Å²) in [4.78, 5) is 10.9. The highest BCUT2D eigenvalue weighted by molar-refractivity contribution is 6.61. The minimum Gasteiger partial charge on any atom is -0.453 e. The van der Waals surface area contributed by atoms with Gasteiger partial charge in [-0.15, -0.1) is 0 Å². The average molecular weight is 299 g/mol. The van der Waals surface area contributed by atoms with Gasteiger partial charge in [0.1, 0.15) is 6.61 Å². The summed E-state index contributed by atoms with van der Waals surface area (Å²) in [6.07, 6.45) is 3.04. The third-order valence-electron chi connectivity index (χ3n) is 3.77. The van der Waals surface area contributed by atoms with Crippen LogP contribution >= 0.6 is 11.6 Å². The highest BCUT2D eigenvalue weighted by Crippen LogP contribution is 2.38. The smallest absolute Gasteiger partial charge is 0.403 e. The minimum atomic E-state index is -0.751. The van der Waals surface area contributed by atoms with Crippen molar-refractivity contribution >= 4 is 23.1 Å². The van der Waals surface area contributed by atoms with E-state index in [1.165, 1.54) is 22.3 Å². The Labute approximate surface area is 129 Å². The molecule has 0 aliphatic heterocycles. The third-order valence-corrected chi connectivity index (χ3v) is 3.88. The maximum atomic E-state index is 10.9. The fraction of sp³-hybridized carbons (Fsp3) is 0.167. The molecule has 1 atom stereocenters. The molecule has 2 nitrogen and oxygen atoms in total. The van der Waals surface area contributed by atoms with Gasteiger partial charge in [0.05, 0.1) is 0 Å². The van der Waals surface area contributed by atoms with E-state index in [0.717, 1.165) is 6.42 Å². The summed E-state index contributed by atoms with van der Waals surface area (Å²) >= 11 is 5.31. The number of fused-ring (bicyclic) bond motifs is 1. The summed E-state index contributed by atoms with van der Waals surface area (Å²) in [7, 11) is 0. The van der Waals surface area contributed by atoms with Crippen LogP contribution in [0.3, 0.4) is 0 Å². The zero-order chi connectivity index (χ0) is 14.7. The van der Waals surface area contributed by atoms with Gasteiger partial charge in [-0.05, 0) is 23.1 Å². The quantitative estimate of drug-likeness (QED) is 0.759. The number of ether oxygens (including phenoxy) is 1. The molecule has 0 aromatic heterocycles. The molecule has 3 heteroatoms. The van der Waals surface area contributed by atoms with Gasteiger partial charge < -0.3 is 4.74 Å². The van der Waals surface area contributed by atoms with Crippen LogP contribution in [0.2, 0.25) is 0 Å². The van der Waals surface area contributed by atoms with Crippen LogP contribution in [0.1, 0.15) is 22.6 Å². The second-order valence-corrected chi connectivity index (χ2v) is 5.42. The molecular formula is C18H15ClO2. The van der Waals surface area contributed by atoms with Crippen LogP contribution in [0.15, 0.2) is 60.2 Å². The first-order valence-corrected chi connectivity index (χ1v) is 7.27. The molecule has 0 saturated heterocycles. The van der Waals surface area contributed by atoms with Crippen molar-refractivity contribution in [2.75, 3.05) is 6.61 Å². The molecule has 1 aliphatic carbocycles. The van der Waals surface area contributed by atoms with E-state index < -0.39 is 5.43 Å². The number of rotatable bonds is 4. The fourth-order valence-corrected chi connectivity index (χ4v) is 2.87. The molecule has 0 amide bonds. The molecule has 3 rings (SSSR count). The average Bonchev–Trinajstić information content (AvgIpc) is 2.83. The van der Waals surface area contributed by atoms with Crippen LogP contribution in [0, 0.1) is 0 Å². The summed E-state index contributed by atoms with van der Waals surface area (Å²) in [5.41, 5.74) is 4.14. The first-order chi connectivity index (χ1) is 10.2. The molecule has 1 unspecified atom stereocenters. The molecule has 0 spiro atoms. The van der Waals surface area contributed by atoms with Gasteiger partial charge >= 0.3 is 5.43 Å². The van der Waals surface area contributed by atoms with Crippen LogP contribution in [-0.2, 0) is 11.2 Å². The lowest BCUT2D eigenvalue weighted by atomic mass is 9.92. The summed E-state index contributed by atoms with van der Waals surface area (Å²) < 4.78 is 5.04. The Morgan fingerprint density at radius 3 is 2.52 bits per heavy atom. The Balaban J connectivity index is 1.86. The topological polar surface area (TPSA) is 26.3 Å². The Hall–Kier alpha value is -2.06. The van der Waals surface area contributed by atoms with E-state index >= 15 is 0 Å². The van der Waals surface area contributed by atoms with E-state index in [4.69, 9.17) is 16.3 Å². The Morgan fingerprint density at radius 2 is 1.76 bits per heavy atom. The third kappa shape index (κ3) is 3.17. The van der Waals surface area contributed by atoms with Gasteiger partial charge in [0.15, 0.2) is 0 Å². The lowest BCUT2D eigenvalue weighted by Gasteiger charge is -2.16. The van der Waals surface area contributed by atoms with E-state index in [9.17, 15) is 4.79 Å². The van der Waals surface area contributed by atoms with Crippen LogP contribution in [0.4, 0.5) is 4.79 Å². The molecule has 0 radical (unpaired) electrons. The summed E-state index contributed by atoms with van der Waals surface area (Å²) in [6.45, 7) is 0.290. The predicted octanol–water partition coefficient (Wildman–Crippen LogP) is 4.79. The van der Waals surface area contributed by atoms with Crippen molar-refractivity contribution in [3.8, 4) is 0 Å². The normalized spacial score (nSPS) is 16.2. The minimum absolute atomic E-state index is 0.0871. The molecule has 2 aromatic carbocycles. The summed E-state index contributed by atoms with van der Waals surface area (Å²) in [5, 5.41) is 0. The van der Waals surface area contributed by atoms with Gasteiger partial charge in [-0.3, -0.25) is 0 Å². The molecule has 1 aliphatic rings. The Kier molecular flexibility index (Phi) is 4.07. The predicted molar refractivity (Wildman–Crippen MR) is 84.5 cm³/mol. The number of benzene rings is 2. The zero-order valence-corrected chi connectivity index (χ0v) is 12.2. The van der Waals surface area contributed by atoms with Crippen LogP contribution in [-0.4, -0.2) is 12.0 Å². The molecule has 0 saturated carbocycles. The summed E-state index contributed by atoms with van der Waals surface area (Å²) in [6, 6.07) is 18.5. The number of halogens is 1. The van der Waals surface area contributed by atoms with Crippen LogP contribution < -0.4 is 0 Å². The van der Waals surface area contributed by atoms with Gasteiger partial charge in [-0.2, -0.15) is 0 Å². The molecule has 0 bridgehead atoms. The summed E-state index contributed by atoms with van der Waals surface area (Å²) in [5.74, 6) is 0.0871. The van der Waals surface area contributed by atoms with E-state index in [2.05, 4.69) is 30.3 Å². The van der Waals surface area contributed by atoms with Crippen molar-refractivity contribution in [2.24, 2.45) is 0 Å². The first-order valence-electron chi connectivity index (χ1n) is 6.89. The highest BCUT2D eigenvalue weighted by Gasteiger charge is 2.26. The molecule has 106 valence electrons. The van der Waals surface area contributed by atoms with Crippen molar-refractivity contribution in [3.63, 3.8) is 0 Å². The van der Waals surface area contributed by atoms with Crippen molar-refractivity contribution in [3.05, 3.63) is 76.9 Å². The molecule has 21 heavy (non-hydrogen) atoms.